The first-order valence-electron chi connectivity index (χ1n) is 8.56. The topological polar surface area (TPSA) is 103 Å². The van der Waals surface area contributed by atoms with Gasteiger partial charge in [-0.3, -0.25) is 9.59 Å². The van der Waals surface area contributed by atoms with Crippen LogP contribution in [0.5, 0.6) is 11.5 Å². The second-order valence-corrected chi connectivity index (χ2v) is 6.74. The van der Waals surface area contributed by atoms with E-state index >= 15 is 0 Å². The Morgan fingerprint density at radius 1 is 1.00 bits per heavy atom. The van der Waals surface area contributed by atoms with Crippen molar-refractivity contribution in [1.29, 1.82) is 0 Å². The molecule has 0 saturated carbocycles. The van der Waals surface area contributed by atoms with Gasteiger partial charge in [0.15, 0.2) is 6.61 Å². The van der Waals surface area contributed by atoms with Crippen molar-refractivity contribution in [3.63, 3.8) is 0 Å². The number of halogens is 1. The van der Waals surface area contributed by atoms with Gasteiger partial charge in [0.25, 0.3) is 5.91 Å². The summed E-state index contributed by atoms with van der Waals surface area (Å²) >= 11 is 3.32. The normalized spacial score (nSPS) is 10.1. The van der Waals surface area contributed by atoms with Crippen LogP contribution in [0.1, 0.15) is 15.9 Å². The molecule has 2 rings (SSSR count). The summed E-state index contributed by atoms with van der Waals surface area (Å²) in [6, 6.07) is 10.1. The minimum atomic E-state index is -0.714. The zero-order chi connectivity index (χ0) is 21.4. The molecule has 29 heavy (non-hydrogen) atoms. The second kappa shape index (κ2) is 10.5. The van der Waals surface area contributed by atoms with Crippen molar-refractivity contribution in [3.8, 4) is 11.5 Å². The van der Waals surface area contributed by atoms with Gasteiger partial charge >= 0.3 is 5.97 Å². The van der Waals surface area contributed by atoms with Crippen molar-refractivity contribution in [2.75, 3.05) is 32.7 Å². The number of rotatable bonds is 8. The fourth-order valence-corrected chi connectivity index (χ4v) is 2.79. The van der Waals surface area contributed by atoms with Crippen molar-refractivity contribution in [1.82, 2.24) is 5.32 Å². The molecule has 0 aliphatic rings. The molecule has 0 saturated heterocycles. The van der Waals surface area contributed by atoms with Crippen molar-refractivity contribution in [3.05, 3.63) is 52.0 Å². The average Bonchev–Trinajstić information content (AvgIpc) is 2.72. The quantitative estimate of drug-likeness (QED) is 0.582. The van der Waals surface area contributed by atoms with E-state index in [9.17, 15) is 14.4 Å². The lowest BCUT2D eigenvalue weighted by Crippen LogP contribution is -2.35. The average molecular weight is 465 g/mol. The highest BCUT2D eigenvalue weighted by Gasteiger charge is 2.16. The van der Waals surface area contributed by atoms with E-state index in [0.717, 1.165) is 10.0 Å². The van der Waals surface area contributed by atoms with Crippen molar-refractivity contribution in [2.24, 2.45) is 0 Å². The molecule has 0 spiro atoms. The second-order valence-electron chi connectivity index (χ2n) is 5.89. The zero-order valence-corrected chi connectivity index (χ0v) is 17.8. The summed E-state index contributed by atoms with van der Waals surface area (Å²) in [5, 5.41) is 5.04. The molecule has 0 bridgehead atoms. The number of amides is 2. The summed E-state index contributed by atoms with van der Waals surface area (Å²) < 4.78 is 16.1. The van der Waals surface area contributed by atoms with Gasteiger partial charge in [0.1, 0.15) is 11.5 Å². The molecule has 0 aromatic heterocycles. The molecular weight excluding hydrogens is 444 g/mol. The van der Waals surface area contributed by atoms with Crippen LogP contribution in [-0.4, -0.2) is 45.2 Å². The van der Waals surface area contributed by atoms with Gasteiger partial charge in [-0.05, 0) is 47.1 Å². The van der Waals surface area contributed by atoms with Crippen LogP contribution in [0.2, 0.25) is 0 Å². The predicted molar refractivity (Wildman–Crippen MR) is 110 cm³/mol. The van der Waals surface area contributed by atoms with Crippen LogP contribution >= 0.6 is 15.9 Å². The summed E-state index contributed by atoms with van der Waals surface area (Å²) in [7, 11) is 2.95. The van der Waals surface area contributed by atoms with E-state index in [4.69, 9.17) is 14.2 Å². The Kier molecular flexibility index (Phi) is 8.02. The largest absolute Gasteiger partial charge is 0.496 e. The highest BCUT2D eigenvalue weighted by Crippen LogP contribution is 2.29. The third-order valence-electron chi connectivity index (χ3n) is 3.92. The lowest BCUT2D eigenvalue weighted by Gasteiger charge is -2.12. The van der Waals surface area contributed by atoms with Gasteiger partial charge in [0.05, 0.1) is 32.0 Å². The zero-order valence-electron chi connectivity index (χ0n) is 16.2. The van der Waals surface area contributed by atoms with E-state index in [1.165, 1.54) is 26.4 Å². The third kappa shape index (κ3) is 6.21. The van der Waals surface area contributed by atoms with Crippen LogP contribution < -0.4 is 20.1 Å². The number of ether oxygens (including phenoxy) is 3. The first-order valence-corrected chi connectivity index (χ1v) is 9.35. The number of para-hydroxylation sites is 1. The molecule has 2 N–H and O–H groups in total. The van der Waals surface area contributed by atoms with Gasteiger partial charge in [-0.2, -0.15) is 0 Å². The highest BCUT2D eigenvalue weighted by atomic mass is 79.9. The molecule has 0 fully saturated rings. The van der Waals surface area contributed by atoms with E-state index < -0.39 is 24.4 Å². The van der Waals surface area contributed by atoms with E-state index in [0.29, 0.717) is 17.2 Å². The number of anilines is 1. The Labute approximate surface area is 176 Å². The first kappa shape index (κ1) is 22.2. The number of benzene rings is 2. The molecule has 0 heterocycles. The number of carbonyl (C=O) groups excluding carboxylic acids is 3. The van der Waals surface area contributed by atoms with Gasteiger partial charge in [-0.15, -0.1) is 0 Å². The van der Waals surface area contributed by atoms with Crippen LogP contribution in [0.4, 0.5) is 5.69 Å². The number of hydrogen-bond donors (Lipinski definition) is 2. The highest BCUT2D eigenvalue weighted by molar-refractivity contribution is 9.10. The molecule has 9 heteroatoms. The fraction of sp³-hybridized carbons (Fsp3) is 0.250. The molecule has 154 valence electrons. The van der Waals surface area contributed by atoms with Crippen molar-refractivity contribution >= 4 is 39.4 Å². The monoisotopic (exact) mass is 464 g/mol. The number of esters is 1. The number of nitrogens with one attached hydrogen (secondary N) is 2. The molecule has 2 aromatic carbocycles. The number of methoxy groups -OCH3 is 2. The van der Waals surface area contributed by atoms with E-state index in [2.05, 4.69) is 26.6 Å². The summed E-state index contributed by atoms with van der Waals surface area (Å²) in [6.07, 6.45) is 0. The van der Waals surface area contributed by atoms with Crippen LogP contribution in [-0.2, 0) is 14.3 Å². The molecule has 0 radical (unpaired) electrons. The Bertz CT molecular complexity index is 891. The maximum atomic E-state index is 12.2. The Balaban J connectivity index is 1.85. The molecule has 2 aromatic rings. The molecule has 0 aliphatic heterocycles. The molecule has 0 atom stereocenters. The fourth-order valence-electron chi connectivity index (χ4n) is 2.41. The van der Waals surface area contributed by atoms with Gasteiger partial charge in [-0.1, -0.05) is 12.1 Å². The van der Waals surface area contributed by atoms with E-state index in [1.54, 1.807) is 25.1 Å². The van der Waals surface area contributed by atoms with Gasteiger partial charge in [0.2, 0.25) is 5.91 Å². The van der Waals surface area contributed by atoms with Gasteiger partial charge < -0.3 is 24.8 Å². The predicted octanol–water partition coefficient (Wildman–Crippen LogP) is 2.69. The standard InChI is InChI=1S/C20H21BrN2O6/c1-12-16(27-2)8-13(9-17(12)28-3)20(26)29-11-19(25)22-10-18(24)23-15-7-5-4-6-14(15)21/h4-9H,10-11H2,1-3H3,(H,22,25)(H,23,24). The third-order valence-corrected chi connectivity index (χ3v) is 4.61. The summed E-state index contributed by atoms with van der Waals surface area (Å²) in [6.45, 7) is 1.00. The minimum absolute atomic E-state index is 0.184. The lowest BCUT2D eigenvalue weighted by molar-refractivity contribution is -0.126. The van der Waals surface area contributed by atoms with Gasteiger partial charge in [-0.25, -0.2) is 4.79 Å². The van der Waals surface area contributed by atoms with E-state index in [1.807, 2.05) is 6.07 Å². The van der Waals surface area contributed by atoms with Crippen molar-refractivity contribution < 1.29 is 28.6 Å². The Hall–Kier alpha value is -3.07. The van der Waals surface area contributed by atoms with Crippen molar-refractivity contribution in [2.45, 2.75) is 6.92 Å². The van der Waals surface area contributed by atoms with Crippen LogP contribution in [0.3, 0.4) is 0 Å². The Morgan fingerprint density at radius 2 is 1.62 bits per heavy atom. The minimum Gasteiger partial charge on any atom is -0.496 e. The molecule has 0 unspecified atom stereocenters. The van der Waals surface area contributed by atoms with E-state index in [-0.39, 0.29) is 12.1 Å². The molecule has 8 nitrogen and oxygen atoms in total. The molecular formula is C20H21BrN2O6. The maximum Gasteiger partial charge on any atom is 0.338 e. The maximum absolute atomic E-state index is 12.2. The lowest BCUT2D eigenvalue weighted by atomic mass is 10.1. The number of carbonyl (C=O) groups is 3. The van der Waals surface area contributed by atoms with Gasteiger partial charge in [0, 0.05) is 10.0 Å². The number of hydrogen-bond acceptors (Lipinski definition) is 6. The smallest absolute Gasteiger partial charge is 0.338 e. The summed E-state index contributed by atoms with van der Waals surface area (Å²) in [5.41, 5.74) is 1.50. The SMILES string of the molecule is COc1cc(C(=O)OCC(=O)NCC(=O)Nc2ccccc2Br)cc(OC)c1C. The van der Waals surface area contributed by atoms with Crippen LogP contribution in [0, 0.1) is 6.92 Å². The summed E-state index contributed by atoms with van der Waals surface area (Å²) in [4.78, 5) is 36.0. The molecule has 2 amide bonds. The van der Waals surface area contributed by atoms with Crippen LogP contribution in [0.25, 0.3) is 0 Å². The molecule has 0 aliphatic carbocycles. The summed E-state index contributed by atoms with van der Waals surface area (Å²) in [5.74, 6) is -0.806. The Morgan fingerprint density at radius 3 is 2.21 bits per heavy atom. The van der Waals surface area contributed by atoms with Crippen LogP contribution in [0.15, 0.2) is 40.9 Å². The first-order chi connectivity index (χ1) is 13.8.